The van der Waals surface area contributed by atoms with E-state index in [1.807, 2.05) is 12.4 Å². The Morgan fingerprint density at radius 2 is 1.81 bits per heavy atom. The summed E-state index contributed by atoms with van der Waals surface area (Å²) in [5.41, 5.74) is 3.25. The van der Waals surface area contributed by atoms with E-state index < -0.39 is 0 Å². The van der Waals surface area contributed by atoms with Gasteiger partial charge in [-0.3, -0.25) is 0 Å². The number of rotatable bonds is 8. The van der Waals surface area contributed by atoms with Crippen LogP contribution in [0.2, 0.25) is 0 Å². The summed E-state index contributed by atoms with van der Waals surface area (Å²) < 4.78 is 27.0. The molecule has 1 aliphatic rings. The number of nitrogens with zero attached hydrogens (tertiary/aromatic N) is 5. The summed E-state index contributed by atoms with van der Waals surface area (Å²) in [6.07, 6.45) is 7.88. The van der Waals surface area contributed by atoms with Crippen molar-refractivity contribution in [2.75, 3.05) is 34.4 Å². The zero-order chi connectivity index (χ0) is 22.5. The zero-order valence-corrected chi connectivity index (χ0v) is 18.9. The van der Waals surface area contributed by atoms with E-state index in [0.717, 1.165) is 61.5 Å². The van der Waals surface area contributed by atoms with Gasteiger partial charge in [-0.25, -0.2) is 14.4 Å². The van der Waals surface area contributed by atoms with E-state index in [-0.39, 0.29) is 5.82 Å². The number of aromatic nitrogens is 4. The van der Waals surface area contributed by atoms with Crippen molar-refractivity contribution in [2.45, 2.75) is 37.8 Å². The fourth-order valence-electron chi connectivity index (χ4n) is 4.17. The van der Waals surface area contributed by atoms with Crippen LogP contribution in [0.1, 0.15) is 31.7 Å². The van der Waals surface area contributed by atoms with Crippen LogP contribution in [0.4, 0.5) is 4.39 Å². The second-order valence-electron chi connectivity index (χ2n) is 8.39. The average molecular weight is 440 g/mol. The van der Waals surface area contributed by atoms with E-state index in [0.29, 0.717) is 18.2 Å². The fourth-order valence-corrected chi connectivity index (χ4v) is 4.17. The number of imidazole rings is 1. The van der Waals surface area contributed by atoms with Crippen molar-refractivity contribution in [3.8, 4) is 28.7 Å². The van der Waals surface area contributed by atoms with Gasteiger partial charge in [0.15, 0.2) is 0 Å². The summed E-state index contributed by atoms with van der Waals surface area (Å²) >= 11 is 0. The molecule has 0 radical (unpaired) electrons. The van der Waals surface area contributed by atoms with Gasteiger partial charge in [-0.1, -0.05) is 0 Å². The topological polar surface area (TPSA) is 65.3 Å². The largest absolute Gasteiger partial charge is 0.467 e. The molecule has 0 N–H and O–H groups in total. The molecule has 32 heavy (non-hydrogen) atoms. The van der Waals surface area contributed by atoms with Gasteiger partial charge >= 0.3 is 6.01 Å². The molecule has 7 nitrogen and oxygen atoms in total. The highest BCUT2D eigenvalue weighted by Crippen LogP contribution is 2.37. The van der Waals surface area contributed by atoms with Crippen LogP contribution in [0.25, 0.3) is 22.6 Å². The molecule has 4 rings (SSSR count). The molecule has 1 aromatic carbocycles. The number of methoxy groups -OCH3 is 1. The first-order chi connectivity index (χ1) is 15.5. The highest BCUT2D eigenvalue weighted by atomic mass is 19.1. The number of halogens is 1. The molecule has 0 unspecified atom stereocenters. The zero-order valence-electron chi connectivity index (χ0n) is 18.9. The molecular formula is C24H30FN5O2. The Hall–Kier alpha value is -2.84. The number of hydrogen-bond acceptors (Lipinski definition) is 6. The maximum atomic E-state index is 13.5. The summed E-state index contributed by atoms with van der Waals surface area (Å²) in [6, 6.07) is 8.86. The lowest BCUT2D eigenvalue weighted by Gasteiger charge is -2.30. The van der Waals surface area contributed by atoms with Crippen LogP contribution in [-0.4, -0.2) is 64.9 Å². The quantitative estimate of drug-likeness (QED) is 0.524. The predicted molar refractivity (Wildman–Crippen MR) is 121 cm³/mol. The van der Waals surface area contributed by atoms with Crippen molar-refractivity contribution in [3.05, 3.63) is 48.7 Å². The van der Waals surface area contributed by atoms with E-state index in [1.165, 1.54) is 12.1 Å². The van der Waals surface area contributed by atoms with Crippen LogP contribution in [0.15, 0.2) is 42.9 Å². The minimum absolute atomic E-state index is 0.272. The Morgan fingerprint density at radius 1 is 1.06 bits per heavy atom. The Morgan fingerprint density at radius 3 is 2.50 bits per heavy atom. The van der Waals surface area contributed by atoms with Crippen LogP contribution >= 0.6 is 0 Å². The Labute approximate surface area is 188 Å². The third-order valence-corrected chi connectivity index (χ3v) is 5.90. The lowest BCUT2D eigenvalue weighted by molar-refractivity contribution is 0.0133. The van der Waals surface area contributed by atoms with Crippen LogP contribution in [0, 0.1) is 5.82 Å². The summed E-state index contributed by atoms with van der Waals surface area (Å²) in [4.78, 5) is 15.6. The molecule has 1 fully saturated rings. The Kier molecular flexibility index (Phi) is 7.12. The third kappa shape index (κ3) is 5.14. The smallest absolute Gasteiger partial charge is 0.316 e. The van der Waals surface area contributed by atoms with Gasteiger partial charge < -0.3 is 18.9 Å². The first kappa shape index (κ1) is 22.4. The normalized spacial score (nSPS) is 18.8. The first-order valence-electron chi connectivity index (χ1n) is 11.0. The summed E-state index contributed by atoms with van der Waals surface area (Å²) in [5.74, 6) is -0.272. The number of likely N-dealkylation sites (N-methyl/N-ethyl adjacent to an activating group) is 1. The molecule has 1 aliphatic carbocycles. The first-order valence-corrected chi connectivity index (χ1v) is 11.0. The highest BCUT2D eigenvalue weighted by molar-refractivity contribution is 5.77. The second-order valence-corrected chi connectivity index (χ2v) is 8.39. The molecular weight excluding hydrogens is 409 g/mol. The molecule has 0 saturated heterocycles. The number of ether oxygens (including phenoxy) is 2. The van der Waals surface area contributed by atoms with Gasteiger partial charge in [0.1, 0.15) is 5.82 Å². The molecule has 0 aliphatic heterocycles. The third-order valence-electron chi connectivity index (χ3n) is 5.90. The molecule has 0 amide bonds. The molecule has 170 valence electrons. The van der Waals surface area contributed by atoms with E-state index in [9.17, 15) is 4.39 Å². The van der Waals surface area contributed by atoms with Crippen molar-refractivity contribution in [3.63, 3.8) is 0 Å². The van der Waals surface area contributed by atoms with Gasteiger partial charge in [0.25, 0.3) is 0 Å². The highest BCUT2D eigenvalue weighted by Gasteiger charge is 2.27. The minimum Gasteiger partial charge on any atom is -0.467 e. The van der Waals surface area contributed by atoms with Gasteiger partial charge in [-0.05, 0) is 70.1 Å². The van der Waals surface area contributed by atoms with Crippen molar-refractivity contribution < 1.29 is 13.9 Å². The SMILES string of the molecule is COc1nccc(-c2c(-c3ccc(F)cc3)ncn2[C@H]2CC[C@H](OCCN(C)C)CC2)n1. The van der Waals surface area contributed by atoms with E-state index >= 15 is 0 Å². The van der Waals surface area contributed by atoms with Crippen molar-refractivity contribution >= 4 is 0 Å². The fraction of sp³-hybridized carbons (Fsp3) is 0.458. The number of hydrogen-bond donors (Lipinski definition) is 0. The van der Waals surface area contributed by atoms with Crippen LogP contribution < -0.4 is 4.74 Å². The van der Waals surface area contributed by atoms with Crippen LogP contribution in [-0.2, 0) is 4.74 Å². The summed E-state index contributed by atoms with van der Waals surface area (Å²) in [5, 5.41) is 0. The Bertz CT molecular complexity index is 1010. The van der Waals surface area contributed by atoms with Gasteiger partial charge in [0.05, 0.1) is 43.2 Å². The van der Waals surface area contributed by atoms with Crippen molar-refractivity contribution in [1.82, 2.24) is 24.4 Å². The molecule has 0 bridgehead atoms. The van der Waals surface area contributed by atoms with E-state index in [2.05, 4.69) is 33.5 Å². The van der Waals surface area contributed by atoms with E-state index in [1.54, 1.807) is 25.4 Å². The minimum atomic E-state index is -0.272. The summed E-state index contributed by atoms with van der Waals surface area (Å²) in [7, 11) is 5.66. The monoisotopic (exact) mass is 439 g/mol. The van der Waals surface area contributed by atoms with Crippen molar-refractivity contribution in [1.29, 1.82) is 0 Å². The molecule has 8 heteroatoms. The van der Waals surface area contributed by atoms with Gasteiger partial charge in [0, 0.05) is 24.3 Å². The molecule has 3 aromatic rings. The Balaban J connectivity index is 1.61. The maximum absolute atomic E-state index is 13.5. The van der Waals surface area contributed by atoms with Crippen LogP contribution in [0.5, 0.6) is 6.01 Å². The second kappa shape index (κ2) is 10.2. The molecule has 2 heterocycles. The molecule has 0 atom stereocenters. The van der Waals surface area contributed by atoms with Gasteiger partial charge in [-0.2, -0.15) is 4.98 Å². The molecule has 0 spiro atoms. The van der Waals surface area contributed by atoms with Crippen molar-refractivity contribution in [2.24, 2.45) is 0 Å². The molecule has 2 aromatic heterocycles. The lowest BCUT2D eigenvalue weighted by Crippen LogP contribution is -2.27. The maximum Gasteiger partial charge on any atom is 0.316 e. The average Bonchev–Trinajstić information content (AvgIpc) is 3.25. The summed E-state index contributed by atoms with van der Waals surface area (Å²) in [6.45, 7) is 1.69. The van der Waals surface area contributed by atoms with Gasteiger partial charge in [-0.15, -0.1) is 0 Å². The van der Waals surface area contributed by atoms with Gasteiger partial charge in [0.2, 0.25) is 0 Å². The standard InChI is InChI=1S/C24H30FN5O2/c1-29(2)14-15-32-20-10-8-19(9-11-20)30-16-27-22(17-4-6-18(25)7-5-17)23(30)21-12-13-26-24(28-21)31-3/h4-7,12-13,16,19-20H,8-11,14-15H2,1-3H3/t19-,20-. The number of benzene rings is 1. The van der Waals surface area contributed by atoms with E-state index in [4.69, 9.17) is 14.5 Å². The van der Waals surface area contributed by atoms with Crippen LogP contribution in [0.3, 0.4) is 0 Å². The lowest BCUT2D eigenvalue weighted by atomic mass is 9.92. The predicted octanol–water partition coefficient (Wildman–Crippen LogP) is 4.22. The molecule has 1 saturated carbocycles.